The van der Waals surface area contributed by atoms with E-state index in [2.05, 4.69) is 9.97 Å². The maximum absolute atomic E-state index is 5.94. The van der Waals surface area contributed by atoms with Crippen molar-refractivity contribution in [1.82, 2.24) is 9.97 Å². The van der Waals surface area contributed by atoms with Crippen molar-refractivity contribution in [2.75, 3.05) is 11.6 Å². The van der Waals surface area contributed by atoms with Crippen LogP contribution in [0.2, 0.25) is 5.02 Å². The van der Waals surface area contributed by atoms with Crippen molar-refractivity contribution in [3.8, 4) is 0 Å². The third-order valence-corrected chi connectivity index (χ3v) is 3.66. The first-order valence-electron chi connectivity index (χ1n) is 7.05. The van der Waals surface area contributed by atoms with Crippen LogP contribution in [0.15, 0.2) is 35.4 Å². The van der Waals surface area contributed by atoms with E-state index in [1.165, 1.54) is 0 Å². The van der Waals surface area contributed by atoms with E-state index < -0.39 is 0 Å². The summed E-state index contributed by atoms with van der Waals surface area (Å²) in [5, 5.41) is 7.35. The molecule has 0 bridgehead atoms. The van der Waals surface area contributed by atoms with Gasteiger partial charge < -0.3 is 0 Å². The van der Waals surface area contributed by atoms with E-state index in [4.69, 9.17) is 16.7 Å². The molecule has 0 atom stereocenters. The number of aromatic nitrogens is 2. The van der Waals surface area contributed by atoms with Gasteiger partial charge in [-0.2, -0.15) is 5.10 Å². The third-order valence-electron chi connectivity index (χ3n) is 3.40. The maximum Gasteiger partial charge on any atom is 0.246 e. The Labute approximate surface area is 129 Å². The van der Waals surface area contributed by atoms with Gasteiger partial charge in [0.15, 0.2) is 0 Å². The molecular formula is C16H17ClN4. The summed E-state index contributed by atoms with van der Waals surface area (Å²) in [4.78, 5) is 8.97. The number of hydrogen-bond donors (Lipinski definition) is 0. The van der Waals surface area contributed by atoms with Crippen LogP contribution in [0.5, 0.6) is 0 Å². The van der Waals surface area contributed by atoms with Crippen molar-refractivity contribution in [3.63, 3.8) is 0 Å². The molecule has 1 aliphatic heterocycles. The zero-order valence-electron chi connectivity index (χ0n) is 12.2. The summed E-state index contributed by atoms with van der Waals surface area (Å²) < 4.78 is 0. The number of rotatable bonds is 2. The van der Waals surface area contributed by atoms with Gasteiger partial charge >= 0.3 is 0 Å². The Kier molecular flexibility index (Phi) is 3.88. The number of hydrogen-bond acceptors (Lipinski definition) is 4. The lowest BCUT2D eigenvalue weighted by atomic mass is 10.0. The average molecular weight is 301 g/mol. The standard InChI is InChI=1S/C16H17ClN4/c1-11-10-12(2)19-16(18-11)21-9-3-4-15(20-21)13-5-7-14(17)8-6-13/h5-8,10H,3-4,9H2,1-2H3. The van der Waals surface area contributed by atoms with Gasteiger partial charge in [-0.3, -0.25) is 0 Å². The molecule has 0 aliphatic carbocycles. The zero-order valence-corrected chi connectivity index (χ0v) is 12.9. The predicted octanol–water partition coefficient (Wildman–Crippen LogP) is 3.75. The molecule has 0 unspecified atom stereocenters. The number of nitrogens with zero attached hydrogens (tertiary/aromatic N) is 4. The van der Waals surface area contributed by atoms with Crippen LogP contribution >= 0.6 is 11.6 Å². The fraction of sp³-hybridized carbons (Fsp3) is 0.312. The molecule has 1 aromatic carbocycles. The molecule has 5 heteroatoms. The monoisotopic (exact) mass is 300 g/mol. The molecule has 0 amide bonds. The van der Waals surface area contributed by atoms with E-state index in [0.29, 0.717) is 5.95 Å². The second-order valence-corrected chi connectivity index (χ2v) is 5.67. The average Bonchev–Trinajstić information content (AvgIpc) is 2.47. The molecule has 3 rings (SSSR count). The molecular weight excluding hydrogens is 284 g/mol. The van der Waals surface area contributed by atoms with Gasteiger partial charge in [0, 0.05) is 23.0 Å². The number of benzene rings is 1. The van der Waals surface area contributed by atoms with E-state index in [0.717, 1.165) is 47.1 Å². The van der Waals surface area contributed by atoms with Gasteiger partial charge in [0.05, 0.1) is 5.71 Å². The molecule has 21 heavy (non-hydrogen) atoms. The molecule has 2 heterocycles. The molecule has 0 N–H and O–H groups in total. The van der Waals surface area contributed by atoms with Gasteiger partial charge in [-0.25, -0.2) is 15.0 Å². The van der Waals surface area contributed by atoms with Crippen LogP contribution in [0.3, 0.4) is 0 Å². The van der Waals surface area contributed by atoms with Gasteiger partial charge in [0.25, 0.3) is 0 Å². The summed E-state index contributed by atoms with van der Waals surface area (Å²) in [7, 11) is 0. The third kappa shape index (κ3) is 3.22. The van der Waals surface area contributed by atoms with Crippen LogP contribution < -0.4 is 5.01 Å². The largest absolute Gasteiger partial charge is 0.246 e. The quantitative estimate of drug-likeness (QED) is 0.848. The predicted molar refractivity (Wildman–Crippen MR) is 86.1 cm³/mol. The summed E-state index contributed by atoms with van der Waals surface area (Å²) in [6, 6.07) is 9.77. The van der Waals surface area contributed by atoms with Crippen LogP contribution in [-0.2, 0) is 0 Å². The van der Waals surface area contributed by atoms with E-state index >= 15 is 0 Å². The van der Waals surface area contributed by atoms with Crippen molar-refractivity contribution < 1.29 is 0 Å². The van der Waals surface area contributed by atoms with Crippen molar-refractivity contribution in [2.45, 2.75) is 26.7 Å². The molecule has 1 aromatic heterocycles. The highest BCUT2D eigenvalue weighted by molar-refractivity contribution is 6.30. The highest BCUT2D eigenvalue weighted by Gasteiger charge is 2.17. The van der Waals surface area contributed by atoms with Crippen LogP contribution in [-0.4, -0.2) is 22.2 Å². The van der Waals surface area contributed by atoms with Crippen LogP contribution in [0.25, 0.3) is 0 Å². The SMILES string of the molecule is Cc1cc(C)nc(N2CCCC(c3ccc(Cl)cc3)=N2)n1. The first-order valence-corrected chi connectivity index (χ1v) is 7.43. The Hall–Kier alpha value is -1.94. The Morgan fingerprint density at radius 1 is 1.05 bits per heavy atom. The highest BCUT2D eigenvalue weighted by atomic mass is 35.5. The summed E-state index contributed by atoms with van der Waals surface area (Å²) in [6.45, 7) is 4.80. The molecule has 0 radical (unpaired) electrons. The van der Waals surface area contributed by atoms with Gasteiger partial charge in [-0.15, -0.1) is 0 Å². The molecule has 2 aromatic rings. The summed E-state index contributed by atoms with van der Waals surface area (Å²) in [5.41, 5.74) is 4.09. The molecule has 0 saturated heterocycles. The minimum absolute atomic E-state index is 0.679. The summed E-state index contributed by atoms with van der Waals surface area (Å²) >= 11 is 5.94. The molecule has 1 aliphatic rings. The molecule has 0 fully saturated rings. The fourth-order valence-corrected chi connectivity index (χ4v) is 2.58. The van der Waals surface area contributed by atoms with Crippen molar-refractivity contribution >= 4 is 23.3 Å². The van der Waals surface area contributed by atoms with Gasteiger partial charge in [-0.1, -0.05) is 23.7 Å². The Morgan fingerprint density at radius 2 is 1.71 bits per heavy atom. The Bertz CT molecular complexity index is 659. The molecule has 108 valence electrons. The number of hydrazone groups is 1. The highest BCUT2D eigenvalue weighted by Crippen LogP contribution is 2.20. The minimum atomic E-state index is 0.679. The van der Waals surface area contributed by atoms with E-state index in [-0.39, 0.29) is 0 Å². The lowest BCUT2D eigenvalue weighted by molar-refractivity contribution is 0.715. The number of aryl methyl sites for hydroxylation is 2. The minimum Gasteiger partial charge on any atom is -0.231 e. The van der Waals surface area contributed by atoms with E-state index in [1.54, 1.807) is 0 Å². The van der Waals surface area contributed by atoms with Crippen molar-refractivity contribution in [1.29, 1.82) is 0 Å². The topological polar surface area (TPSA) is 41.4 Å². The lowest BCUT2D eigenvalue weighted by Crippen LogP contribution is -2.28. The second-order valence-electron chi connectivity index (χ2n) is 5.23. The summed E-state index contributed by atoms with van der Waals surface area (Å²) in [6.07, 6.45) is 2.00. The number of anilines is 1. The lowest BCUT2D eigenvalue weighted by Gasteiger charge is -2.24. The Morgan fingerprint density at radius 3 is 2.38 bits per heavy atom. The van der Waals surface area contributed by atoms with Gasteiger partial charge in [-0.05, 0) is 50.5 Å². The maximum atomic E-state index is 5.94. The zero-order chi connectivity index (χ0) is 14.8. The first kappa shape index (κ1) is 14.0. The smallest absolute Gasteiger partial charge is 0.231 e. The molecule has 0 saturated carbocycles. The molecule has 0 spiro atoms. The first-order chi connectivity index (χ1) is 10.1. The van der Waals surface area contributed by atoms with Crippen LogP contribution in [0.4, 0.5) is 5.95 Å². The van der Waals surface area contributed by atoms with Crippen LogP contribution in [0.1, 0.15) is 29.8 Å². The van der Waals surface area contributed by atoms with Crippen molar-refractivity contribution in [2.24, 2.45) is 5.10 Å². The van der Waals surface area contributed by atoms with Crippen LogP contribution in [0, 0.1) is 13.8 Å². The van der Waals surface area contributed by atoms with Crippen molar-refractivity contribution in [3.05, 3.63) is 52.3 Å². The molecule has 4 nitrogen and oxygen atoms in total. The normalized spacial score (nSPS) is 15.0. The number of halogens is 1. The Balaban J connectivity index is 1.93. The second kappa shape index (κ2) is 5.82. The van der Waals surface area contributed by atoms with E-state index in [9.17, 15) is 0 Å². The summed E-state index contributed by atoms with van der Waals surface area (Å²) in [5.74, 6) is 0.679. The van der Waals surface area contributed by atoms with Gasteiger partial charge in [0.2, 0.25) is 5.95 Å². The van der Waals surface area contributed by atoms with E-state index in [1.807, 2.05) is 49.2 Å². The fourth-order valence-electron chi connectivity index (χ4n) is 2.45. The van der Waals surface area contributed by atoms with Gasteiger partial charge in [0.1, 0.15) is 0 Å².